The van der Waals surface area contributed by atoms with Crippen LogP contribution in [-0.4, -0.2) is 17.0 Å². The Hall–Kier alpha value is -5.64. The van der Waals surface area contributed by atoms with Gasteiger partial charge in [0.1, 0.15) is 11.3 Å². The van der Waals surface area contributed by atoms with Crippen molar-refractivity contribution >= 4 is 45.2 Å². The molecule has 2 nitrogen and oxygen atoms in total. The van der Waals surface area contributed by atoms with Crippen molar-refractivity contribution in [3.63, 3.8) is 0 Å². The molecule has 4 aromatic carbocycles. The monoisotopic (exact) mass is 825 g/mol. The highest BCUT2D eigenvalue weighted by molar-refractivity contribution is 8.04. The van der Waals surface area contributed by atoms with Gasteiger partial charge in [-0.2, -0.15) is 0 Å². The minimum atomic E-state index is 0.100. The molecule has 0 amide bonds. The Kier molecular flexibility index (Phi) is 10.5. The number of hydrogen-bond acceptors (Lipinski definition) is 3. The highest BCUT2D eigenvalue weighted by atomic mass is 32.2. The van der Waals surface area contributed by atoms with Gasteiger partial charge < -0.3 is 4.42 Å². The molecule has 5 aromatic rings. The van der Waals surface area contributed by atoms with Crippen molar-refractivity contribution in [3.05, 3.63) is 219 Å². The van der Waals surface area contributed by atoms with Crippen LogP contribution in [0.2, 0.25) is 0 Å². The maximum atomic E-state index is 7.43. The van der Waals surface area contributed by atoms with Gasteiger partial charge in [0, 0.05) is 55.7 Å². The molecule has 0 saturated carbocycles. The molecule has 0 N–H and O–H groups in total. The number of aryl methyl sites for hydroxylation is 1. The van der Waals surface area contributed by atoms with E-state index in [4.69, 9.17) is 9.41 Å². The second kappa shape index (κ2) is 16.6. The summed E-state index contributed by atoms with van der Waals surface area (Å²) in [6.45, 7) is 7.13. The van der Waals surface area contributed by atoms with E-state index >= 15 is 0 Å². The summed E-state index contributed by atoms with van der Waals surface area (Å²) in [6, 6.07) is 40.1. The third kappa shape index (κ3) is 6.94. The number of furan rings is 1. The molecule has 308 valence electrons. The zero-order chi connectivity index (χ0) is 41.7. The van der Waals surface area contributed by atoms with Gasteiger partial charge in [0.25, 0.3) is 0 Å². The van der Waals surface area contributed by atoms with E-state index in [2.05, 4.69) is 190 Å². The second-order valence-corrected chi connectivity index (χ2v) is 19.4. The van der Waals surface area contributed by atoms with E-state index in [9.17, 15) is 0 Å². The molecule has 0 radical (unpaired) electrons. The fourth-order valence-electron chi connectivity index (χ4n) is 11.3. The molecule has 0 saturated heterocycles. The Morgan fingerprint density at radius 1 is 0.758 bits per heavy atom. The van der Waals surface area contributed by atoms with E-state index < -0.39 is 0 Å². The highest BCUT2D eigenvalue weighted by Crippen LogP contribution is 2.57. The third-order valence-electron chi connectivity index (χ3n) is 14.8. The van der Waals surface area contributed by atoms with Crippen molar-refractivity contribution in [2.24, 2.45) is 22.7 Å². The summed E-state index contributed by atoms with van der Waals surface area (Å²) in [4.78, 5) is 7.31. The molecule has 11 rings (SSSR count). The molecule has 0 fully saturated rings. The Morgan fingerprint density at radius 3 is 2.27 bits per heavy atom. The first-order chi connectivity index (χ1) is 30.5. The van der Waals surface area contributed by atoms with Crippen LogP contribution in [0.4, 0.5) is 0 Å². The predicted octanol–water partition coefficient (Wildman–Crippen LogP) is 15.5. The maximum Gasteiger partial charge on any atom is 0.142 e. The van der Waals surface area contributed by atoms with E-state index in [1.807, 2.05) is 0 Å². The lowest BCUT2D eigenvalue weighted by Gasteiger charge is -2.34. The van der Waals surface area contributed by atoms with Gasteiger partial charge in [-0.25, -0.2) is 0 Å². The van der Waals surface area contributed by atoms with Gasteiger partial charge in [-0.1, -0.05) is 184 Å². The lowest BCUT2D eigenvalue weighted by atomic mass is 9.75. The molecular weight excluding hydrogens is 771 g/mol. The summed E-state index contributed by atoms with van der Waals surface area (Å²) in [6.07, 6.45) is 26.3. The molecule has 3 heteroatoms. The van der Waals surface area contributed by atoms with Crippen molar-refractivity contribution in [2.45, 2.75) is 82.9 Å². The first-order valence-corrected chi connectivity index (χ1v) is 24.0. The molecule has 0 bridgehead atoms. The van der Waals surface area contributed by atoms with Crippen LogP contribution in [-0.2, 0) is 6.42 Å². The number of rotatable bonds is 7. The Labute approximate surface area is 372 Å². The van der Waals surface area contributed by atoms with Gasteiger partial charge in [0.2, 0.25) is 0 Å². The van der Waals surface area contributed by atoms with Crippen LogP contribution >= 0.6 is 11.8 Å². The highest BCUT2D eigenvalue weighted by Gasteiger charge is 2.41. The van der Waals surface area contributed by atoms with Gasteiger partial charge in [-0.15, -0.1) is 11.8 Å². The lowest BCUT2D eigenvalue weighted by Crippen LogP contribution is -2.29. The average molecular weight is 826 g/mol. The first kappa shape index (κ1) is 39.2. The van der Waals surface area contributed by atoms with Gasteiger partial charge in [0.15, 0.2) is 0 Å². The summed E-state index contributed by atoms with van der Waals surface area (Å²) in [5, 5.41) is 1.73. The minimum absolute atomic E-state index is 0.100. The van der Waals surface area contributed by atoms with Crippen LogP contribution in [0.3, 0.4) is 0 Å². The van der Waals surface area contributed by atoms with Gasteiger partial charge in [-0.05, 0) is 95.9 Å². The van der Waals surface area contributed by atoms with Crippen molar-refractivity contribution in [1.82, 2.24) is 0 Å². The summed E-state index contributed by atoms with van der Waals surface area (Å²) >= 11 is 2.07. The van der Waals surface area contributed by atoms with Crippen LogP contribution < -0.4 is 0 Å². The zero-order valence-corrected chi connectivity index (χ0v) is 37.0. The molecule has 2 aliphatic heterocycles. The summed E-state index contributed by atoms with van der Waals surface area (Å²) in [5.74, 6) is 2.34. The number of benzene rings is 4. The van der Waals surface area contributed by atoms with Crippen molar-refractivity contribution in [3.8, 4) is 0 Å². The molecule has 0 spiro atoms. The maximum absolute atomic E-state index is 7.43. The fraction of sp³-hybridized carbons (Fsp3) is 0.271. The van der Waals surface area contributed by atoms with Crippen molar-refractivity contribution < 1.29 is 4.42 Å². The van der Waals surface area contributed by atoms with Crippen LogP contribution in [0, 0.1) is 17.8 Å². The number of allylic oxidation sites excluding steroid dienone is 13. The number of para-hydroxylation sites is 1. The minimum Gasteiger partial charge on any atom is -0.455 e. The normalized spacial score (nSPS) is 27.8. The third-order valence-corrected chi connectivity index (χ3v) is 16.2. The smallest absolute Gasteiger partial charge is 0.142 e. The van der Waals surface area contributed by atoms with Gasteiger partial charge in [0.05, 0.1) is 6.04 Å². The lowest BCUT2D eigenvalue weighted by molar-refractivity contribution is 0.443. The van der Waals surface area contributed by atoms with E-state index in [0.29, 0.717) is 23.0 Å². The topological polar surface area (TPSA) is 25.5 Å². The fourth-order valence-corrected chi connectivity index (χ4v) is 12.8. The van der Waals surface area contributed by atoms with E-state index in [-0.39, 0.29) is 12.0 Å². The molecule has 62 heavy (non-hydrogen) atoms. The Morgan fingerprint density at radius 2 is 1.52 bits per heavy atom. The Bertz CT molecular complexity index is 2840. The van der Waals surface area contributed by atoms with Gasteiger partial charge in [-0.3, -0.25) is 4.99 Å². The SMILES string of the molecule is CCC1C/C(c2cccc3c4c(oc23)C(C2=CC(c3ccccc3)CC3=C2SC2C=CC=CC32)=CCC4)=C(/C)C(C)/C(c2ccccc2)=N\C1C1=CC=C(c2ccccc2)CC1. The number of thioether (sulfide) groups is 1. The quantitative estimate of drug-likeness (QED) is 0.163. The summed E-state index contributed by atoms with van der Waals surface area (Å²) in [7, 11) is 0. The standard InChI is InChI=1S/C59H55NOS/c1-4-39-34-51(37(2)38(3)55(43-22-12-7-13-23-43)60-56(39)44-32-30-42(31-33-44)40-18-8-5-9-19-40)49-27-16-25-47-48-26-17-28-50(58(48)61-57(47)49)53-36-45(41-20-10-6-11-21-41)35-52-46-24-14-15-29-54(46)62-59(52)53/h5-16,18-25,27-30,32,36,38-39,45-46,54,56H,4,17,26,31,33-35H2,1-3H3/b51-37+,60-55+. The molecule has 1 aromatic heterocycles. The number of nitrogens with zero attached hydrogens (tertiary/aromatic N) is 1. The number of hydrogen-bond donors (Lipinski definition) is 0. The Balaban J connectivity index is 1.02. The number of fused-ring (bicyclic) bond motifs is 5. The van der Waals surface area contributed by atoms with Crippen molar-refractivity contribution in [1.29, 1.82) is 0 Å². The average Bonchev–Trinajstić information content (AvgIpc) is 3.92. The molecule has 6 unspecified atom stereocenters. The van der Waals surface area contributed by atoms with E-state index in [1.54, 1.807) is 5.57 Å². The summed E-state index contributed by atoms with van der Waals surface area (Å²) < 4.78 is 7.43. The molecule has 3 heterocycles. The van der Waals surface area contributed by atoms with Crippen LogP contribution in [0.5, 0.6) is 0 Å². The molecular formula is C59H55NOS. The summed E-state index contributed by atoms with van der Waals surface area (Å²) in [5.41, 5.74) is 18.8. The van der Waals surface area contributed by atoms with E-state index in [1.165, 1.54) is 77.3 Å². The first-order valence-electron chi connectivity index (χ1n) is 23.1. The predicted molar refractivity (Wildman–Crippen MR) is 263 cm³/mol. The molecule has 4 aliphatic carbocycles. The van der Waals surface area contributed by atoms with Crippen LogP contribution in [0.1, 0.15) is 98.8 Å². The molecule has 6 atom stereocenters. The van der Waals surface area contributed by atoms with Crippen molar-refractivity contribution in [2.75, 3.05) is 0 Å². The second-order valence-electron chi connectivity index (χ2n) is 18.2. The van der Waals surface area contributed by atoms with Crippen LogP contribution in [0.15, 0.2) is 194 Å². The van der Waals surface area contributed by atoms with Crippen LogP contribution in [0.25, 0.3) is 27.7 Å². The largest absolute Gasteiger partial charge is 0.455 e. The van der Waals surface area contributed by atoms with Gasteiger partial charge >= 0.3 is 0 Å². The number of aliphatic imine (C=N–C) groups is 1. The van der Waals surface area contributed by atoms with E-state index in [0.717, 1.165) is 56.3 Å². The zero-order valence-electron chi connectivity index (χ0n) is 36.2. The molecule has 6 aliphatic rings.